The van der Waals surface area contributed by atoms with E-state index in [0.29, 0.717) is 6.42 Å². The van der Waals surface area contributed by atoms with Gasteiger partial charge in [-0.2, -0.15) is 0 Å². The van der Waals surface area contributed by atoms with Gasteiger partial charge in [-0.1, -0.05) is 18.5 Å². The van der Waals surface area contributed by atoms with Gasteiger partial charge in [0.2, 0.25) is 11.8 Å². The number of amidine groups is 1. The Bertz CT molecular complexity index is 304. The summed E-state index contributed by atoms with van der Waals surface area (Å²) < 4.78 is 0. The molecule has 4 N–H and O–H groups in total. The van der Waals surface area contributed by atoms with Gasteiger partial charge in [0.05, 0.1) is 12.5 Å². The summed E-state index contributed by atoms with van der Waals surface area (Å²) in [5.74, 6) is -1.40. The minimum atomic E-state index is -0.681. The summed E-state index contributed by atoms with van der Waals surface area (Å²) in [6.07, 6.45) is 1.20. The third-order valence-electron chi connectivity index (χ3n) is 2.38. The molecule has 0 aromatic rings. The highest BCUT2D eigenvalue weighted by Gasteiger charge is 2.26. The van der Waals surface area contributed by atoms with Crippen LogP contribution in [0.25, 0.3) is 0 Å². The molecule has 7 nitrogen and oxygen atoms in total. The smallest absolute Gasteiger partial charge is 0.239 e. The fourth-order valence-corrected chi connectivity index (χ4v) is 1.39. The second kappa shape index (κ2) is 7.48. The zero-order valence-electron chi connectivity index (χ0n) is 10.4. The van der Waals surface area contributed by atoms with Crippen LogP contribution < -0.4 is 11.1 Å². The van der Waals surface area contributed by atoms with E-state index in [-0.39, 0.29) is 24.2 Å². The Morgan fingerprint density at radius 2 is 2.12 bits per heavy atom. The summed E-state index contributed by atoms with van der Waals surface area (Å²) in [6, 6.07) is 0. The molecule has 0 heterocycles. The normalized spacial score (nSPS) is 13.0. The lowest BCUT2D eigenvalue weighted by atomic mass is 10.0. The predicted molar refractivity (Wildman–Crippen MR) is 63.5 cm³/mol. The van der Waals surface area contributed by atoms with Crippen LogP contribution in [-0.4, -0.2) is 48.4 Å². The van der Waals surface area contributed by atoms with E-state index in [0.717, 1.165) is 6.42 Å². The van der Waals surface area contributed by atoms with Crippen LogP contribution in [0.3, 0.4) is 0 Å². The minimum Gasteiger partial charge on any atom is -0.409 e. The Kier molecular flexibility index (Phi) is 6.69. The van der Waals surface area contributed by atoms with Gasteiger partial charge in [-0.3, -0.25) is 9.59 Å². The maximum Gasteiger partial charge on any atom is 0.239 e. The van der Waals surface area contributed by atoms with Crippen molar-refractivity contribution in [3.05, 3.63) is 0 Å². The SMILES string of the molecule is CCCC(C(=O)N(C)CC(=O)NC)/C(N)=N/O. The number of rotatable bonds is 6. The summed E-state index contributed by atoms with van der Waals surface area (Å²) in [6.45, 7) is 1.85. The Labute approximate surface area is 101 Å². The van der Waals surface area contributed by atoms with Crippen LogP contribution in [0.4, 0.5) is 0 Å². The van der Waals surface area contributed by atoms with Crippen LogP contribution in [0.2, 0.25) is 0 Å². The molecule has 0 aliphatic heterocycles. The van der Waals surface area contributed by atoms with Gasteiger partial charge in [-0.25, -0.2) is 0 Å². The van der Waals surface area contributed by atoms with Crippen LogP contribution in [0.1, 0.15) is 19.8 Å². The number of nitrogens with one attached hydrogen (secondary N) is 1. The number of carbonyl (C=O) groups is 2. The van der Waals surface area contributed by atoms with Crippen molar-refractivity contribution in [2.24, 2.45) is 16.8 Å². The quantitative estimate of drug-likeness (QED) is 0.250. The van der Waals surface area contributed by atoms with Gasteiger partial charge in [0.15, 0.2) is 5.84 Å². The summed E-state index contributed by atoms with van der Waals surface area (Å²) in [4.78, 5) is 24.4. The Hall–Kier alpha value is -1.79. The second-order valence-electron chi connectivity index (χ2n) is 3.73. The molecule has 1 unspecified atom stereocenters. The van der Waals surface area contributed by atoms with E-state index < -0.39 is 5.92 Å². The third kappa shape index (κ3) is 4.71. The standard InChI is InChI=1S/C10H20N4O3/c1-4-5-7(9(11)13-17)10(16)14(3)6-8(15)12-2/h7,17H,4-6H2,1-3H3,(H2,11,13)(H,12,15). The van der Waals surface area contributed by atoms with Gasteiger partial charge in [0, 0.05) is 14.1 Å². The molecule has 0 radical (unpaired) electrons. The first-order valence-corrected chi connectivity index (χ1v) is 5.40. The van der Waals surface area contributed by atoms with E-state index in [1.165, 1.54) is 19.0 Å². The molecule has 2 amide bonds. The molecule has 17 heavy (non-hydrogen) atoms. The number of oxime groups is 1. The zero-order valence-corrected chi connectivity index (χ0v) is 10.4. The number of carbonyl (C=O) groups excluding carboxylic acids is 2. The van der Waals surface area contributed by atoms with Crippen LogP contribution in [-0.2, 0) is 9.59 Å². The molecule has 0 aliphatic carbocycles. The molecule has 0 saturated heterocycles. The molecule has 7 heteroatoms. The lowest BCUT2D eigenvalue weighted by molar-refractivity contribution is -0.136. The number of hydrogen-bond donors (Lipinski definition) is 3. The molecule has 0 bridgehead atoms. The number of nitrogens with zero attached hydrogens (tertiary/aromatic N) is 2. The number of hydrogen-bond acceptors (Lipinski definition) is 4. The van der Waals surface area contributed by atoms with Gasteiger partial charge in [-0.05, 0) is 6.42 Å². The molecule has 0 rings (SSSR count). The van der Waals surface area contributed by atoms with E-state index in [9.17, 15) is 9.59 Å². The Morgan fingerprint density at radius 3 is 2.53 bits per heavy atom. The van der Waals surface area contributed by atoms with Crippen molar-refractivity contribution in [3.63, 3.8) is 0 Å². The maximum absolute atomic E-state index is 12.0. The average Bonchev–Trinajstić information content (AvgIpc) is 2.33. The molecule has 98 valence electrons. The van der Waals surface area contributed by atoms with E-state index in [2.05, 4.69) is 10.5 Å². The van der Waals surface area contributed by atoms with E-state index in [1.807, 2.05) is 6.92 Å². The third-order valence-corrected chi connectivity index (χ3v) is 2.38. The molecule has 0 aliphatic rings. The fourth-order valence-electron chi connectivity index (χ4n) is 1.39. The number of likely N-dealkylation sites (N-methyl/N-ethyl adjacent to an activating group) is 2. The number of nitrogens with two attached hydrogens (primary N) is 1. The zero-order chi connectivity index (χ0) is 13.4. The van der Waals surface area contributed by atoms with Crippen molar-refractivity contribution in [1.29, 1.82) is 0 Å². The van der Waals surface area contributed by atoms with Crippen molar-refractivity contribution in [3.8, 4) is 0 Å². The first kappa shape index (κ1) is 15.2. The maximum atomic E-state index is 12.0. The molecule has 0 saturated carbocycles. The lowest BCUT2D eigenvalue weighted by Crippen LogP contribution is -2.43. The molecule has 0 fully saturated rings. The second-order valence-corrected chi connectivity index (χ2v) is 3.73. The van der Waals surface area contributed by atoms with Crippen molar-refractivity contribution in [2.45, 2.75) is 19.8 Å². The van der Waals surface area contributed by atoms with Crippen LogP contribution in [0, 0.1) is 5.92 Å². The first-order valence-electron chi connectivity index (χ1n) is 5.40. The average molecular weight is 244 g/mol. The summed E-state index contributed by atoms with van der Waals surface area (Å²) >= 11 is 0. The molecule has 0 spiro atoms. The largest absolute Gasteiger partial charge is 0.409 e. The summed E-state index contributed by atoms with van der Waals surface area (Å²) in [5, 5.41) is 13.9. The molecular formula is C10H20N4O3. The first-order chi connectivity index (χ1) is 7.97. The van der Waals surface area contributed by atoms with E-state index in [4.69, 9.17) is 10.9 Å². The molecule has 0 aromatic heterocycles. The predicted octanol–water partition coefficient (Wildman–Crippen LogP) is -0.646. The highest BCUT2D eigenvalue weighted by Crippen LogP contribution is 2.10. The van der Waals surface area contributed by atoms with Crippen LogP contribution in [0.15, 0.2) is 5.16 Å². The minimum absolute atomic E-state index is 0.0474. The van der Waals surface area contributed by atoms with Crippen molar-refractivity contribution in [1.82, 2.24) is 10.2 Å². The van der Waals surface area contributed by atoms with Gasteiger partial charge in [0.25, 0.3) is 0 Å². The Morgan fingerprint density at radius 1 is 1.53 bits per heavy atom. The van der Waals surface area contributed by atoms with Gasteiger partial charge in [0.1, 0.15) is 0 Å². The number of amides is 2. The van der Waals surface area contributed by atoms with Crippen LogP contribution in [0.5, 0.6) is 0 Å². The molecule has 0 aromatic carbocycles. The Balaban J connectivity index is 4.66. The van der Waals surface area contributed by atoms with E-state index in [1.54, 1.807) is 0 Å². The van der Waals surface area contributed by atoms with Gasteiger partial charge >= 0.3 is 0 Å². The van der Waals surface area contributed by atoms with E-state index >= 15 is 0 Å². The van der Waals surface area contributed by atoms with Crippen LogP contribution >= 0.6 is 0 Å². The summed E-state index contributed by atoms with van der Waals surface area (Å²) in [5.41, 5.74) is 5.46. The summed E-state index contributed by atoms with van der Waals surface area (Å²) in [7, 11) is 3.00. The highest BCUT2D eigenvalue weighted by atomic mass is 16.4. The molecular weight excluding hydrogens is 224 g/mol. The highest BCUT2D eigenvalue weighted by molar-refractivity contribution is 6.02. The van der Waals surface area contributed by atoms with Crippen molar-refractivity contribution >= 4 is 17.6 Å². The fraction of sp³-hybridized carbons (Fsp3) is 0.700. The van der Waals surface area contributed by atoms with Crippen molar-refractivity contribution in [2.75, 3.05) is 20.6 Å². The van der Waals surface area contributed by atoms with Crippen molar-refractivity contribution < 1.29 is 14.8 Å². The van der Waals surface area contributed by atoms with Gasteiger partial charge in [-0.15, -0.1) is 0 Å². The molecule has 1 atom stereocenters. The van der Waals surface area contributed by atoms with Gasteiger partial charge < -0.3 is 21.2 Å². The topological polar surface area (TPSA) is 108 Å². The monoisotopic (exact) mass is 244 g/mol. The lowest BCUT2D eigenvalue weighted by Gasteiger charge is -2.22.